The third-order valence-corrected chi connectivity index (χ3v) is 4.01. The number of nitrogens with zero attached hydrogens (tertiary/aromatic N) is 1. The van der Waals surface area contributed by atoms with Crippen LogP contribution in [0.5, 0.6) is 11.5 Å². The summed E-state index contributed by atoms with van der Waals surface area (Å²) in [6.45, 7) is 4.26. The molecule has 0 aromatic heterocycles. The number of benzene rings is 2. The predicted molar refractivity (Wildman–Crippen MR) is 106 cm³/mol. The number of anilines is 1. The summed E-state index contributed by atoms with van der Waals surface area (Å²) in [5.74, 6) is -0.0109. The summed E-state index contributed by atoms with van der Waals surface area (Å²) < 4.78 is 48.9. The monoisotopic (exact) mass is 424 g/mol. The van der Waals surface area contributed by atoms with Gasteiger partial charge < -0.3 is 19.7 Å². The second kappa shape index (κ2) is 10.00. The molecule has 0 saturated carbocycles. The SMILES string of the molecule is CCOc1ccc(NC(=O)CN(C)C(=O)c2ccc(C(F)(F)F)cc2)cc1OCC. The van der Waals surface area contributed by atoms with Crippen LogP contribution in [0.4, 0.5) is 18.9 Å². The second-order valence-electron chi connectivity index (χ2n) is 6.31. The molecule has 2 amide bonds. The fourth-order valence-corrected chi connectivity index (χ4v) is 2.64. The summed E-state index contributed by atoms with van der Waals surface area (Å²) in [5.41, 5.74) is -0.333. The van der Waals surface area contributed by atoms with Crippen molar-refractivity contribution in [2.24, 2.45) is 0 Å². The highest BCUT2D eigenvalue weighted by molar-refractivity contribution is 5.99. The van der Waals surface area contributed by atoms with Gasteiger partial charge in [0.2, 0.25) is 5.91 Å². The van der Waals surface area contributed by atoms with Gasteiger partial charge in [-0.25, -0.2) is 0 Å². The first-order valence-electron chi connectivity index (χ1n) is 9.28. The van der Waals surface area contributed by atoms with Gasteiger partial charge in [0.1, 0.15) is 0 Å². The van der Waals surface area contributed by atoms with E-state index in [0.717, 1.165) is 29.2 Å². The first-order chi connectivity index (χ1) is 14.2. The Balaban J connectivity index is 2.01. The van der Waals surface area contributed by atoms with Crippen LogP contribution in [0.1, 0.15) is 29.8 Å². The van der Waals surface area contributed by atoms with Gasteiger partial charge in [-0.1, -0.05) is 0 Å². The number of hydrogen-bond acceptors (Lipinski definition) is 4. The topological polar surface area (TPSA) is 67.9 Å². The molecule has 0 bridgehead atoms. The molecule has 0 atom stereocenters. The maximum absolute atomic E-state index is 12.6. The highest BCUT2D eigenvalue weighted by Crippen LogP contribution is 2.31. The lowest BCUT2D eigenvalue weighted by molar-refractivity contribution is -0.137. The number of hydrogen-bond donors (Lipinski definition) is 1. The minimum Gasteiger partial charge on any atom is -0.490 e. The molecule has 2 rings (SSSR count). The predicted octanol–water partition coefficient (Wildman–Crippen LogP) is 4.21. The molecule has 0 heterocycles. The molecular formula is C21H23F3N2O4. The zero-order chi connectivity index (χ0) is 22.3. The van der Waals surface area contributed by atoms with E-state index in [-0.39, 0.29) is 12.1 Å². The van der Waals surface area contributed by atoms with Crippen molar-refractivity contribution in [2.45, 2.75) is 20.0 Å². The highest BCUT2D eigenvalue weighted by atomic mass is 19.4. The molecule has 0 aliphatic carbocycles. The van der Waals surface area contributed by atoms with Gasteiger partial charge in [0.05, 0.1) is 25.3 Å². The molecule has 30 heavy (non-hydrogen) atoms. The number of carbonyl (C=O) groups is 2. The number of likely N-dealkylation sites (N-methyl/N-ethyl adjacent to an activating group) is 1. The Hall–Kier alpha value is -3.23. The number of ether oxygens (including phenoxy) is 2. The van der Waals surface area contributed by atoms with Gasteiger partial charge in [-0.15, -0.1) is 0 Å². The van der Waals surface area contributed by atoms with E-state index in [9.17, 15) is 22.8 Å². The van der Waals surface area contributed by atoms with Crippen LogP contribution in [0.25, 0.3) is 0 Å². The molecule has 0 aliphatic rings. The molecule has 162 valence electrons. The Kier molecular flexibility index (Phi) is 7.68. The Bertz CT molecular complexity index is 883. The largest absolute Gasteiger partial charge is 0.490 e. The minimum absolute atomic E-state index is 0.0537. The smallest absolute Gasteiger partial charge is 0.416 e. The Morgan fingerprint density at radius 1 is 0.967 bits per heavy atom. The first-order valence-corrected chi connectivity index (χ1v) is 9.28. The Morgan fingerprint density at radius 3 is 2.13 bits per heavy atom. The van der Waals surface area contributed by atoms with Crippen molar-refractivity contribution in [2.75, 3.05) is 32.1 Å². The van der Waals surface area contributed by atoms with Crippen LogP contribution in [-0.4, -0.2) is 43.5 Å². The number of rotatable bonds is 8. The van der Waals surface area contributed by atoms with E-state index in [1.165, 1.54) is 7.05 Å². The number of nitrogens with one attached hydrogen (secondary N) is 1. The Labute approximate surface area is 172 Å². The van der Waals surface area contributed by atoms with Crippen LogP contribution in [0, 0.1) is 0 Å². The van der Waals surface area contributed by atoms with Crippen LogP contribution in [-0.2, 0) is 11.0 Å². The molecule has 0 fully saturated rings. The van der Waals surface area contributed by atoms with Crippen molar-refractivity contribution < 1.29 is 32.2 Å². The lowest BCUT2D eigenvalue weighted by Gasteiger charge is -2.18. The van der Waals surface area contributed by atoms with Gasteiger partial charge in [-0.2, -0.15) is 13.2 Å². The van der Waals surface area contributed by atoms with Crippen molar-refractivity contribution in [3.8, 4) is 11.5 Å². The summed E-state index contributed by atoms with van der Waals surface area (Å²) in [4.78, 5) is 25.8. The first kappa shape index (κ1) is 23.1. The fourth-order valence-electron chi connectivity index (χ4n) is 2.64. The third kappa shape index (κ3) is 6.13. The molecule has 0 radical (unpaired) electrons. The molecule has 0 unspecified atom stereocenters. The summed E-state index contributed by atoms with van der Waals surface area (Å²) in [6.07, 6.45) is -4.48. The number of alkyl halides is 3. The van der Waals surface area contributed by atoms with Gasteiger partial charge in [0.15, 0.2) is 11.5 Å². The van der Waals surface area contributed by atoms with E-state index < -0.39 is 23.6 Å². The zero-order valence-corrected chi connectivity index (χ0v) is 16.9. The van der Waals surface area contributed by atoms with Crippen molar-refractivity contribution in [3.63, 3.8) is 0 Å². The Morgan fingerprint density at radius 2 is 1.57 bits per heavy atom. The second-order valence-corrected chi connectivity index (χ2v) is 6.31. The van der Waals surface area contributed by atoms with E-state index in [4.69, 9.17) is 9.47 Å². The number of amides is 2. The minimum atomic E-state index is -4.48. The van der Waals surface area contributed by atoms with Crippen LogP contribution in [0.2, 0.25) is 0 Å². The average Bonchev–Trinajstić information content (AvgIpc) is 2.69. The molecule has 0 saturated heterocycles. The summed E-state index contributed by atoms with van der Waals surface area (Å²) in [5, 5.41) is 2.66. The lowest BCUT2D eigenvalue weighted by Crippen LogP contribution is -2.35. The fraction of sp³-hybridized carbons (Fsp3) is 0.333. The molecule has 6 nitrogen and oxygen atoms in total. The van der Waals surface area contributed by atoms with E-state index in [1.807, 2.05) is 13.8 Å². The number of carbonyl (C=O) groups excluding carboxylic acids is 2. The summed E-state index contributed by atoms with van der Waals surface area (Å²) in [7, 11) is 1.39. The average molecular weight is 424 g/mol. The van der Waals surface area contributed by atoms with Gasteiger partial charge in [-0.05, 0) is 50.2 Å². The van der Waals surface area contributed by atoms with E-state index >= 15 is 0 Å². The van der Waals surface area contributed by atoms with E-state index in [2.05, 4.69) is 5.32 Å². The van der Waals surface area contributed by atoms with Gasteiger partial charge in [0, 0.05) is 24.4 Å². The van der Waals surface area contributed by atoms with Crippen molar-refractivity contribution in [3.05, 3.63) is 53.6 Å². The van der Waals surface area contributed by atoms with Crippen LogP contribution in [0.15, 0.2) is 42.5 Å². The molecule has 9 heteroatoms. The lowest BCUT2D eigenvalue weighted by atomic mass is 10.1. The standard InChI is InChI=1S/C21H23F3N2O4/c1-4-29-17-11-10-16(12-18(17)30-5-2)25-19(27)13-26(3)20(28)14-6-8-15(9-7-14)21(22,23)24/h6-12H,4-5,13H2,1-3H3,(H,25,27). The van der Waals surface area contributed by atoms with Crippen molar-refractivity contribution >= 4 is 17.5 Å². The van der Waals surface area contributed by atoms with Crippen LogP contribution in [0.3, 0.4) is 0 Å². The molecule has 2 aromatic carbocycles. The van der Waals surface area contributed by atoms with E-state index in [1.54, 1.807) is 18.2 Å². The maximum atomic E-state index is 12.6. The van der Waals surface area contributed by atoms with E-state index in [0.29, 0.717) is 30.4 Å². The molecular weight excluding hydrogens is 401 g/mol. The molecule has 1 N–H and O–H groups in total. The normalized spacial score (nSPS) is 11.0. The van der Waals surface area contributed by atoms with Gasteiger partial charge in [-0.3, -0.25) is 9.59 Å². The van der Waals surface area contributed by atoms with Gasteiger partial charge >= 0.3 is 6.18 Å². The number of halogens is 3. The zero-order valence-electron chi connectivity index (χ0n) is 16.9. The van der Waals surface area contributed by atoms with Crippen molar-refractivity contribution in [1.29, 1.82) is 0 Å². The summed E-state index contributed by atoms with van der Waals surface area (Å²) >= 11 is 0. The molecule has 0 aliphatic heterocycles. The molecule has 0 spiro atoms. The van der Waals surface area contributed by atoms with Crippen LogP contribution < -0.4 is 14.8 Å². The van der Waals surface area contributed by atoms with Crippen LogP contribution >= 0.6 is 0 Å². The maximum Gasteiger partial charge on any atom is 0.416 e. The van der Waals surface area contributed by atoms with Gasteiger partial charge in [0.25, 0.3) is 5.91 Å². The van der Waals surface area contributed by atoms with Crippen molar-refractivity contribution in [1.82, 2.24) is 4.90 Å². The summed E-state index contributed by atoms with van der Waals surface area (Å²) in [6, 6.07) is 8.75. The quantitative estimate of drug-likeness (QED) is 0.689. The molecule has 2 aromatic rings. The third-order valence-electron chi connectivity index (χ3n) is 4.01. The highest BCUT2D eigenvalue weighted by Gasteiger charge is 2.30.